The Labute approximate surface area is 131 Å². The molecule has 22 heavy (non-hydrogen) atoms. The van der Waals surface area contributed by atoms with Gasteiger partial charge in [-0.1, -0.05) is 13.8 Å². The van der Waals surface area contributed by atoms with Gasteiger partial charge in [0.15, 0.2) is 0 Å². The number of nitrogens with one attached hydrogen (secondary N) is 1. The average Bonchev–Trinajstić information content (AvgIpc) is 3.31. The first-order chi connectivity index (χ1) is 10.5. The molecule has 0 bridgehead atoms. The van der Waals surface area contributed by atoms with Crippen LogP contribution in [0.4, 0.5) is 0 Å². The molecular formula is C16H26N2O4. The van der Waals surface area contributed by atoms with Crippen molar-refractivity contribution in [3.05, 3.63) is 11.6 Å². The first-order valence-electron chi connectivity index (χ1n) is 8.11. The van der Waals surface area contributed by atoms with Gasteiger partial charge in [-0.2, -0.15) is 0 Å². The molecule has 2 rings (SSSR count). The third-order valence-corrected chi connectivity index (χ3v) is 4.43. The summed E-state index contributed by atoms with van der Waals surface area (Å²) in [7, 11) is 0. The highest BCUT2D eigenvalue weighted by molar-refractivity contribution is 5.87. The molecule has 2 aliphatic rings. The van der Waals surface area contributed by atoms with Gasteiger partial charge in [0.25, 0.3) is 0 Å². The van der Waals surface area contributed by atoms with Crippen LogP contribution in [0.3, 0.4) is 0 Å². The molecule has 1 saturated carbocycles. The lowest BCUT2D eigenvalue weighted by Gasteiger charge is -2.36. The average molecular weight is 310 g/mol. The van der Waals surface area contributed by atoms with Crippen molar-refractivity contribution in [2.24, 2.45) is 11.7 Å². The summed E-state index contributed by atoms with van der Waals surface area (Å²) in [6.07, 6.45) is 4.91. The number of amides is 1. The third kappa shape index (κ3) is 4.08. The molecule has 1 amide bonds. The zero-order valence-corrected chi connectivity index (χ0v) is 13.2. The molecule has 0 aromatic carbocycles. The van der Waals surface area contributed by atoms with Crippen molar-refractivity contribution in [2.45, 2.75) is 70.2 Å². The van der Waals surface area contributed by atoms with Gasteiger partial charge in [-0.25, -0.2) is 4.79 Å². The number of carboxylic acid groups (broad SMARTS) is 1. The summed E-state index contributed by atoms with van der Waals surface area (Å²) in [6.45, 7) is 4.05. The van der Waals surface area contributed by atoms with Gasteiger partial charge in [-0.15, -0.1) is 0 Å². The monoisotopic (exact) mass is 310 g/mol. The van der Waals surface area contributed by atoms with Crippen molar-refractivity contribution in [2.75, 3.05) is 0 Å². The lowest BCUT2D eigenvalue weighted by Crippen LogP contribution is -2.57. The first kappa shape index (κ1) is 17.0. The highest BCUT2D eigenvalue weighted by Crippen LogP contribution is 2.30. The summed E-state index contributed by atoms with van der Waals surface area (Å²) < 4.78 is 6.02. The Morgan fingerprint density at radius 3 is 2.55 bits per heavy atom. The number of hydrogen-bond acceptors (Lipinski definition) is 4. The van der Waals surface area contributed by atoms with Gasteiger partial charge in [-0.3, -0.25) is 4.79 Å². The summed E-state index contributed by atoms with van der Waals surface area (Å²) in [5.74, 6) is -0.878. The molecule has 0 radical (unpaired) electrons. The van der Waals surface area contributed by atoms with Crippen molar-refractivity contribution in [3.63, 3.8) is 0 Å². The van der Waals surface area contributed by atoms with Crippen molar-refractivity contribution >= 4 is 11.9 Å². The normalized spacial score (nSPS) is 28.4. The van der Waals surface area contributed by atoms with Crippen molar-refractivity contribution in [3.8, 4) is 0 Å². The lowest BCUT2D eigenvalue weighted by atomic mass is 9.88. The fourth-order valence-electron chi connectivity index (χ4n) is 2.80. The second kappa shape index (κ2) is 7.24. The zero-order valence-electron chi connectivity index (χ0n) is 13.2. The van der Waals surface area contributed by atoms with E-state index in [4.69, 9.17) is 10.5 Å². The van der Waals surface area contributed by atoms with Gasteiger partial charge >= 0.3 is 5.97 Å². The molecule has 0 spiro atoms. The molecule has 0 aromatic rings. The Morgan fingerprint density at radius 2 is 2.05 bits per heavy atom. The van der Waals surface area contributed by atoms with Crippen LogP contribution in [0, 0.1) is 5.92 Å². The van der Waals surface area contributed by atoms with Crippen LogP contribution in [-0.4, -0.2) is 41.3 Å². The minimum Gasteiger partial charge on any atom is -0.478 e. The Kier molecular flexibility index (Phi) is 5.58. The number of carboxylic acids is 1. The Morgan fingerprint density at radius 1 is 1.41 bits per heavy atom. The highest BCUT2D eigenvalue weighted by Gasteiger charge is 2.38. The van der Waals surface area contributed by atoms with E-state index in [1.807, 2.05) is 13.8 Å². The van der Waals surface area contributed by atoms with E-state index in [0.717, 1.165) is 25.7 Å². The van der Waals surface area contributed by atoms with Crippen molar-refractivity contribution < 1.29 is 19.4 Å². The highest BCUT2D eigenvalue weighted by atomic mass is 16.5. The number of carbonyl (C=O) groups is 2. The summed E-state index contributed by atoms with van der Waals surface area (Å²) >= 11 is 0. The van der Waals surface area contributed by atoms with Crippen molar-refractivity contribution in [1.29, 1.82) is 0 Å². The maximum Gasteiger partial charge on any atom is 0.331 e. The zero-order chi connectivity index (χ0) is 16.3. The second-order valence-electron chi connectivity index (χ2n) is 6.21. The van der Waals surface area contributed by atoms with E-state index in [1.54, 1.807) is 6.08 Å². The molecule has 0 heterocycles. The van der Waals surface area contributed by atoms with Crippen LogP contribution >= 0.6 is 0 Å². The Hall–Kier alpha value is -1.40. The predicted octanol–water partition coefficient (Wildman–Crippen LogP) is 1.20. The molecule has 6 nitrogen and oxygen atoms in total. The van der Waals surface area contributed by atoms with E-state index >= 15 is 0 Å². The number of carbonyl (C=O) groups excluding carboxylic acids is 1. The van der Waals surface area contributed by atoms with E-state index in [1.165, 1.54) is 0 Å². The van der Waals surface area contributed by atoms with Gasteiger partial charge in [0.2, 0.25) is 5.91 Å². The smallest absolute Gasteiger partial charge is 0.331 e. The first-order valence-corrected chi connectivity index (χ1v) is 8.11. The molecule has 0 aliphatic heterocycles. The summed E-state index contributed by atoms with van der Waals surface area (Å²) in [5, 5.41) is 12.2. The van der Waals surface area contributed by atoms with Crippen LogP contribution in [-0.2, 0) is 14.3 Å². The van der Waals surface area contributed by atoms with Gasteiger partial charge < -0.3 is 20.9 Å². The number of hydrogen-bond donors (Lipinski definition) is 3. The molecular weight excluding hydrogens is 284 g/mol. The fourth-order valence-corrected chi connectivity index (χ4v) is 2.80. The maximum atomic E-state index is 12.0. The molecule has 0 unspecified atom stereocenters. The fraction of sp³-hybridized carbons (Fsp3) is 0.750. The van der Waals surface area contributed by atoms with Gasteiger partial charge in [0.05, 0.1) is 18.2 Å². The van der Waals surface area contributed by atoms with Gasteiger partial charge in [0.1, 0.15) is 0 Å². The second-order valence-corrected chi connectivity index (χ2v) is 6.21. The predicted molar refractivity (Wildman–Crippen MR) is 82.2 cm³/mol. The largest absolute Gasteiger partial charge is 0.478 e. The van der Waals surface area contributed by atoms with Crippen molar-refractivity contribution in [1.82, 2.24) is 5.32 Å². The van der Waals surface area contributed by atoms with Crippen LogP contribution < -0.4 is 11.1 Å². The summed E-state index contributed by atoms with van der Waals surface area (Å²) in [5.41, 5.74) is 6.39. The molecule has 1 fully saturated rings. The molecule has 6 heteroatoms. The van der Waals surface area contributed by atoms with Crippen LogP contribution in [0.25, 0.3) is 0 Å². The minimum atomic E-state index is -0.972. The number of rotatable bonds is 7. The van der Waals surface area contributed by atoms with E-state index in [9.17, 15) is 14.7 Å². The lowest BCUT2D eigenvalue weighted by molar-refractivity contribution is -0.133. The minimum absolute atomic E-state index is 0.00534. The SMILES string of the molecule is CCC(CC)O[C@@H]1C=C(C(=O)O)C[C@H](N)[C@H]1NC(=O)C1CC1. The molecule has 3 atom stereocenters. The van der Waals surface area contributed by atoms with Crippen LogP contribution in [0.5, 0.6) is 0 Å². The summed E-state index contributed by atoms with van der Waals surface area (Å²) in [6, 6.07) is -0.810. The quantitative estimate of drug-likeness (QED) is 0.656. The van der Waals surface area contributed by atoms with Crippen LogP contribution in [0.2, 0.25) is 0 Å². The molecule has 124 valence electrons. The standard InChI is InChI=1S/C16H26N2O4/c1-3-11(4-2)22-13-8-10(16(20)21)7-12(17)14(13)18-15(19)9-5-6-9/h8-9,11-14H,3-7,17H2,1-2H3,(H,18,19)(H,20,21)/t12-,13+,14+/m0/s1. The molecule has 2 aliphatic carbocycles. The molecule has 0 aromatic heterocycles. The molecule has 0 saturated heterocycles. The van der Waals surface area contributed by atoms with Crippen LogP contribution in [0.15, 0.2) is 11.6 Å². The van der Waals surface area contributed by atoms with Gasteiger partial charge in [-0.05, 0) is 38.2 Å². The summed E-state index contributed by atoms with van der Waals surface area (Å²) in [4.78, 5) is 23.3. The topological polar surface area (TPSA) is 102 Å². The van der Waals surface area contributed by atoms with E-state index in [-0.39, 0.29) is 36.0 Å². The van der Waals surface area contributed by atoms with E-state index in [0.29, 0.717) is 0 Å². The number of aliphatic carboxylic acids is 1. The maximum absolute atomic E-state index is 12.0. The Balaban J connectivity index is 2.15. The van der Waals surface area contributed by atoms with E-state index < -0.39 is 18.1 Å². The third-order valence-electron chi connectivity index (χ3n) is 4.43. The van der Waals surface area contributed by atoms with E-state index in [2.05, 4.69) is 5.32 Å². The van der Waals surface area contributed by atoms with Gasteiger partial charge in [0, 0.05) is 17.5 Å². The molecule has 4 N–H and O–H groups in total. The Bertz CT molecular complexity index is 455. The number of ether oxygens (including phenoxy) is 1. The van der Waals surface area contributed by atoms with Crippen LogP contribution in [0.1, 0.15) is 46.0 Å². The number of nitrogens with two attached hydrogens (primary N) is 1.